The zero-order chi connectivity index (χ0) is 15.7. The number of hydrogen-bond donors (Lipinski definition) is 1. The molecule has 2 N–H and O–H groups in total. The van der Waals surface area contributed by atoms with Crippen LogP contribution in [0.4, 0.5) is 13.2 Å². The van der Waals surface area contributed by atoms with E-state index in [0.717, 1.165) is 4.47 Å². The molecule has 2 nitrogen and oxygen atoms in total. The van der Waals surface area contributed by atoms with Crippen molar-refractivity contribution in [2.75, 3.05) is 0 Å². The van der Waals surface area contributed by atoms with Gasteiger partial charge in [-0.3, -0.25) is 0 Å². The second-order valence-corrected chi connectivity index (χ2v) is 5.67. The summed E-state index contributed by atoms with van der Waals surface area (Å²) in [4.78, 5) is 0. The summed E-state index contributed by atoms with van der Waals surface area (Å²) in [6.07, 6.45) is -4.76. The standard InChI is InChI=1S/C15H13BrF3NO/c1-14(20,10-5-4-6-11(16)9-10)12-7-2-3-8-13(12)21-15(17,18)19/h2-9H,20H2,1H3. The largest absolute Gasteiger partial charge is 0.573 e. The molecule has 0 heterocycles. The van der Waals surface area contributed by atoms with Gasteiger partial charge in [-0.2, -0.15) is 0 Å². The lowest BCUT2D eigenvalue weighted by Gasteiger charge is -2.28. The first-order chi connectivity index (χ1) is 9.70. The van der Waals surface area contributed by atoms with E-state index in [9.17, 15) is 13.2 Å². The fourth-order valence-corrected chi connectivity index (χ4v) is 2.48. The third kappa shape index (κ3) is 3.77. The predicted molar refractivity (Wildman–Crippen MR) is 77.9 cm³/mol. The van der Waals surface area contributed by atoms with Crippen molar-refractivity contribution < 1.29 is 17.9 Å². The minimum atomic E-state index is -4.76. The first-order valence-corrected chi connectivity index (χ1v) is 6.89. The van der Waals surface area contributed by atoms with E-state index in [0.29, 0.717) is 5.56 Å². The highest BCUT2D eigenvalue weighted by Gasteiger charge is 2.35. The Kier molecular flexibility index (Phi) is 4.30. The minimum Gasteiger partial charge on any atom is -0.405 e. The normalized spacial score (nSPS) is 14.6. The Labute approximate surface area is 128 Å². The Bertz CT molecular complexity index is 641. The van der Waals surface area contributed by atoms with E-state index in [1.54, 1.807) is 31.2 Å². The molecule has 1 atom stereocenters. The average molecular weight is 360 g/mol. The van der Waals surface area contributed by atoms with Crippen molar-refractivity contribution in [1.29, 1.82) is 0 Å². The van der Waals surface area contributed by atoms with Crippen LogP contribution in [0.1, 0.15) is 18.1 Å². The molecule has 0 amide bonds. The third-order valence-corrected chi connectivity index (χ3v) is 3.59. The first-order valence-electron chi connectivity index (χ1n) is 6.10. The zero-order valence-corrected chi connectivity index (χ0v) is 12.7. The van der Waals surface area contributed by atoms with Gasteiger partial charge >= 0.3 is 6.36 Å². The summed E-state index contributed by atoms with van der Waals surface area (Å²) >= 11 is 3.33. The number of nitrogens with two attached hydrogens (primary N) is 1. The Morgan fingerprint density at radius 2 is 1.71 bits per heavy atom. The van der Waals surface area contributed by atoms with E-state index in [1.807, 2.05) is 6.07 Å². The molecule has 0 bridgehead atoms. The molecule has 0 spiro atoms. The van der Waals surface area contributed by atoms with Crippen LogP contribution < -0.4 is 10.5 Å². The molecule has 0 fully saturated rings. The highest BCUT2D eigenvalue weighted by Crippen LogP contribution is 2.36. The van der Waals surface area contributed by atoms with E-state index >= 15 is 0 Å². The number of rotatable bonds is 3. The van der Waals surface area contributed by atoms with Gasteiger partial charge in [-0.1, -0.05) is 46.3 Å². The van der Waals surface area contributed by atoms with Gasteiger partial charge in [0.15, 0.2) is 0 Å². The Morgan fingerprint density at radius 3 is 2.33 bits per heavy atom. The summed E-state index contributed by atoms with van der Waals surface area (Å²) in [6, 6.07) is 13.0. The lowest BCUT2D eigenvalue weighted by molar-refractivity contribution is -0.275. The van der Waals surface area contributed by atoms with Gasteiger partial charge in [-0.15, -0.1) is 13.2 Å². The van der Waals surface area contributed by atoms with Gasteiger partial charge in [0.05, 0.1) is 5.54 Å². The van der Waals surface area contributed by atoms with Crippen LogP contribution in [-0.4, -0.2) is 6.36 Å². The van der Waals surface area contributed by atoms with Crippen molar-refractivity contribution >= 4 is 15.9 Å². The van der Waals surface area contributed by atoms with Crippen LogP contribution in [0.5, 0.6) is 5.75 Å². The molecule has 0 saturated carbocycles. The molecule has 0 aliphatic rings. The second-order valence-electron chi connectivity index (χ2n) is 4.76. The molecule has 1 unspecified atom stereocenters. The van der Waals surface area contributed by atoms with Gasteiger partial charge in [0, 0.05) is 10.0 Å². The average Bonchev–Trinajstić information content (AvgIpc) is 2.37. The molecule has 112 valence electrons. The van der Waals surface area contributed by atoms with E-state index in [-0.39, 0.29) is 11.3 Å². The lowest BCUT2D eigenvalue weighted by atomic mass is 9.85. The predicted octanol–water partition coefficient (Wildman–Crippen LogP) is 4.57. The Balaban J connectivity index is 2.50. The van der Waals surface area contributed by atoms with Crippen LogP contribution in [0.25, 0.3) is 0 Å². The molecule has 0 radical (unpaired) electrons. The molecule has 21 heavy (non-hydrogen) atoms. The number of ether oxygens (including phenoxy) is 1. The van der Waals surface area contributed by atoms with Crippen molar-refractivity contribution in [3.63, 3.8) is 0 Å². The molecule has 0 aliphatic heterocycles. The van der Waals surface area contributed by atoms with Crippen LogP contribution in [0.3, 0.4) is 0 Å². The topological polar surface area (TPSA) is 35.2 Å². The van der Waals surface area contributed by atoms with Crippen molar-refractivity contribution in [2.45, 2.75) is 18.8 Å². The van der Waals surface area contributed by atoms with Gasteiger partial charge < -0.3 is 10.5 Å². The minimum absolute atomic E-state index is 0.264. The summed E-state index contributed by atoms with van der Waals surface area (Å²) in [5.41, 5.74) is 6.10. The molecule has 0 aliphatic carbocycles. The van der Waals surface area contributed by atoms with Crippen LogP contribution in [0, 0.1) is 0 Å². The highest BCUT2D eigenvalue weighted by atomic mass is 79.9. The fourth-order valence-electron chi connectivity index (χ4n) is 2.08. The number of halogens is 4. The van der Waals surface area contributed by atoms with E-state index in [1.165, 1.54) is 18.2 Å². The highest BCUT2D eigenvalue weighted by molar-refractivity contribution is 9.10. The zero-order valence-electron chi connectivity index (χ0n) is 11.1. The summed E-state index contributed by atoms with van der Waals surface area (Å²) in [7, 11) is 0. The van der Waals surface area contributed by atoms with Crippen LogP contribution in [0.15, 0.2) is 53.0 Å². The second kappa shape index (κ2) is 5.69. The number of alkyl halides is 3. The third-order valence-electron chi connectivity index (χ3n) is 3.10. The summed E-state index contributed by atoms with van der Waals surface area (Å²) in [5, 5.41) is 0. The van der Waals surface area contributed by atoms with Crippen LogP contribution in [0.2, 0.25) is 0 Å². The van der Waals surface area contributed by atoms with E-state index < -0.39 is 11.9 Å². The van der Waals surface area contributed by atoms with Gasteiger partial charge in [-0.25, -0.2) is 0 Å². The molecule has 2 aromatic rings. The van der Waals surface area contributed by atoms with E-state index in [2.05, 4.69) is 20.7 Å². The molecular weight excluding hydrogens is 347 g/mol. The van der Waals surface area contributed by atoms with Crippen molar-refractivity contribution in [3.8, 4) is 5.75 Å². The molecule has 0 aromatic heterocycles. The monoisotopic (exact) mass is 359 g/mol. The number of para-hydroxylation sites is 1. The Hall–Kier alpha value is -1.53. The smallest absolute Gasteiger partial charge is 0.405 e. The van der Waals surface area contributed by atoms with Crippen LogP contribution in [-0.2, 0) is 5.54 Å². The molecule has 2 aromatic carbocycles. The quantitative estimate of drug-likeness (QED) is 0.870. The summed E-state index contributed by atoms with van der Waals surface area (Å²) in [5.74, 6) is -0.296. The molecule has 0 saturated heterocycles. The SMILES string of the molecule is CC(N)(c1cccc(Br)c1)c1ccccc1OC(F)(F)F. The van der Waals surface area contributed by atoms with Crippen molar-refractivity contribution in [2.24, 2.45) is 5.73 Å². The molecule has 6 heteroatoms. The maximum atomic E-state index is 12.5. The van der Waals surface area contributed by atoms with Crippen molar-refractivity contribution in [3.05, 3.63) is 64.1 Å². The Morgan fingerprint density at radius 1 is 1.05 bits per heavy atom. The van der Waals surface area contributed by atoms with Gasteiger partial charge in [0.25, 0.3) is 0 Å². The lowest BCUT2D eigenvalue weighted by Crippen LogP contribution is -2.35. The first kappa shape index (κ1) is 15.9. The van der Waals surface area contributed by atoms with E-state index in [4.69, 9.17) is 5.73 Å². The number of hydrogen-bond acceptors (Lipinski definition) is 2. The summed E-state index contributed by atoms with van der Waals surface area (Å²) < 4.78 is 42.4. The maximum Gasteiger partial charge on any atom is 0.573 e. The maximum absolute atomic E-state index is 12.5. The van der Waals surface area contributed by atoms with Gasteiger partial charge in [0.2, 0.25) is 0 Å². The van der Waals surface area contributed by atoms with Crippen molar-refractivity contribution in [1.82, 2.24) is 0 Å². The van der Waals surface area contributed by atoms with Gasteiger partial charge in [-0.05, 0) is 30.7 Å². The number of benzene rings is 2. The molecular formula is C15H13BrF3NO. The van der Waals surface area contributed by atoms with Gasteiger partial charge in [0.1, 0.15) is 5.75 Å². The van der Waals surface area contributed by atoms with Crippen LogP contribution >= 0.6 is 15.9 Å². The summed E-state index contributed by atoms with van der Waals surface area (Å²) in [6.45, 7) is 1.65. The molecule has 2 rings (SSSR count). The fraction of sp³-hybridized carbons (Fsp3) is 0.200.